The molecule has 2 nitrogen and oxygen atoms in total. The molecule has 0 N–H and O–H groups in total. The number of aryl methyl sites for hydroxylation is 1. The molecule has 0 radical (unpaired) electrons. The number of hydrogen-bond donors (Lipinski definition) is 0. The Labute approximate surface area is 162 Å². The summed E-state index contributed by atoms with van der Waals surface area (Å²) in [6.45, 7) is 10.8. The molecule has 0 aliphatic carbocycles. The van der Waals surface area contributed by atoms with E-state index in [0.717, 1.165) is 38.2 Å². The van der Waals surface area contributed by atoms with Crippen molar-refractivity contribution in [3.8, 4) is 11.8 Å². The highest BCUT2D eigenvalue weighted by Crippen LogP contribution is 2.24. The van der Waals surface area contributed by atoms with Crippen LogP contribution in [-0.2, 0) is 9.59 Å². The molecule has 0 bridgehead atoms. The van der Waals surface area contributed by atoms with Crippen LogP contribution in [0.2, 0.25) is 0 Å². The molecule has 2 aromatic carbocycles. The van der Waals surface area contributed by atoms with E-state index in [1.165, 1.54) is 17.8 Å². The van der Waals surface area contributed by atoms with Crippen molar-refractivity contribution in [2.45, 2.75) is 23.6 Å². The Balaban J connectivity index is 2.12. The van der Waals surface area contributed by atoms with Crippen LogP contribution in [0.4, 0.5) is 0 Å². The molecule has 26 heavy (non-hydrogen) atoms. The van der Waals surface area contributed by atoms with Crippen LogP contribution in [0.1, 0.15) is 23.6 Å². The maximum atomic E-state index is 11.7. The molecule has 0 aromatic heterocycles. The first-order valence-electron chi connectivity index (χ1n) is 7.83. The lowest BCUT2D eigenvalue weighted by Crippen LogP contribution is -1.92. The molecule has 0 spiro atoms. The Morgan fingerprint density at radius 1 is 1.00 bits per heavy atom. The third-order valence-electron chi connectivity index (χ3n) is 3.34. The van der Waals surface area contributed by atoms with Gasteiger partial charge in [-0.2, -0.15) is 0 Å². The summed E-state index contributed by atoms with van der Waals surface area (Å²) >= 11 is 2.31. The molecular weight excluding hydrogens is 360 g/mol. The molecule has 0 unspecified atom stereocenters. The predicted octanol–water partition coefficient (Wildman–Crippen LogP) is 5.39. The first kappa shape index (κ1) is 19.8. The summed E-state index contributed by atoms with van der Waals surface area (Å²) in [5.41, 5.74) is 3.34. The first-order valence-corrected chi connectivity index (χ1v) is 9.47. The second-order valence-corrected chi connectivity index (χ2v) is 7.67. The fraction of sp³-hybridized carbons (Fsp3) is 0.0909. The van der Waals surface area contributed by atoms with Gasteiger partial charge in [0.05, 0.1) is 0 Å². The third kappa shape index (κ3) is 5.80. The lowest BCUT2D eigenvalue weighted by molar-refractivity contribution is -0.108. The largest absolute Gasteiger partial charge is 0.282 e. The van der Waals surface area contributed by atoms with Crippen molar-refractivity contribution in [1.82, 2.24) is 0 Å². The molecule has 0 atom stereocenters. The zero-order chi connectivity index (χ0) is 19.1. The Hall–Kier alpha value is -2.48. The maximum absolute atomic E-state index is 11.7. The van der Waals surface area contributed by atoms with Crippen molar-refractivity contribution in [1.29, 1.82) is 0 Å². The van der Waals surface area contributed by atoms with Crippen molar-refractivity contribution in [2.75, 3.05) is 0 Å². The van der Waals surface area contributed by atoms with Gasteiger partial charge < -0.3 is 0 Å². The zero-order valence-corrected chi connectivity index (χ0v) is 16.3. The minimum atomic E-state index is -0.0810. The van der Waals surface area contributed by atoms with Gasteiger partial charge in [-0.05, 0) is 97.0 Å². The summed E-state index contributed by atoms with van der Waals surface area (Å²) in [7, 11) is 0. The summed E-state index contributed by atoms with van der Waals surface area (Å²) in [4.78, 5) is 24.8. The molecule has 0 saturated carbocycles. The lowest BCUT2D eigenvalue weighted by atomic mass is 10.1. The fourth-order valence-corrected chi connectivity index (χ4v) is 3.29. The normalized spacial score (nSPS) is 9.77. The van der Waals surface area contributed by atoms with Crippen LogP contribution in [0.15, 0.2) is 77.1 Å². The zero-order valence-electron chi connectivity index (χ0n) is 14.7. The van der Waals surface area contributed by atoms with Crippen LogP contribution in [0, 0.1) is 18.8 Å². The van der Waals surface area contributed by atoms with E-state index < -0.39 is 0 Å². The Morgan fingerprint density at radius 2 is 1.65 bits per heavy atom. The van der Waals surface area contributed by atoms with Gasteiger partial charge >= 0.3 is 0 Å². The number of rotatable bonds is 4. The topological polar surface area (TPSA) is 34.1 Å². The third-order valence-corrected chi connectivity index (χ3v) is 5.24. The summed E-state index contributed by atoms with van der Waals surface area (Å²) < 4.78 is 0. The monoisotopic (exact) mass is 378 g/mol. The Bertz CT molecular complexity index is 929. The van der Waals surface area contributed by atoms with Crippen molar-refractivity contribution in [3.63, 3.8) is 0 Å². The van der Waals surface area contributed by atoms with Crippen molar-refractivity contribution in [2.24, 2.45) is 0 Å². The van der Waals surface area contributed by atoms with E-state index in [1.807, 2.05) is 49.4 Å². The van der Waals surface area contributed by atoms with Gasteiger partial charge in [0.2, 0.25) is 10.2 Å². The minimum absolute atomic E-state index is 0.0314. The smallest absolute Gasteiger partial charge is 0.219 e. The molecule has 0 saturated heterocycles. The number of carbonyl (C=O) groups is 2. The van der Waals surface area contributed by atoms with E-state index in [-0.39, 0.29) is 10.2 Å². The van der Waals surface area contributed by atoms with E-state index in [1.54, 1.807) is 6.92 Å². The van der Waals surface area contributed by atoms with E-state index in [2.05, 4.69) is 25.0 Å². The van der Waals surface area contributed by atoms with Crippen molar-refractivity contribution >= 4 is 33.8 Å². The summed E-state index contributed by atoms with van der Waals surface area (Å²) in [6, 6.07) is 13.3. The van der Waals surface area contributed by atoms with Gasteiger partial charge in [-0.3, -0.25) is 9.59 Å². The van der Waals surface area contributed by atoms with Gasteiger partial charge in [-0.25, -0.2) is 0 Å². The van der Waals surface area contributed by atoms with Crippen LogP contribution in [0.5, 0.6) is 0 Å². The number of benzene rings is 2. The maximum Gasteiger partial charge on any atom is 0.219 e. The number of hydrogen-bond acceptors (Lipinski definition) is 4. The van der Waals surface area contributed by atoms with E-state index in [0.29, 0.717) is 5.57 Å². The Kier molecular flexibility index (Phi) is 7.08. The van der Waals surface area contributed by atoms with E-state index >= 15 is 0 Å². The predicted molar refractivity (Wildman–Crippen MR) is 110 cm³/mol. The van der Waals surface area contributed by atoms with E-state index in [9.17, 15) is 9.59 Å². The molecule has 2 aromatic rings. The molecule has 0 heterocycles. The molecular formula is C22H18O2S2. The molecule has 4 heteroatoms. The highest BCUT2D eigenvalue weighted by Gasteiger charge is 2.06. The van der Waals surface area contributed by atoms with Crippen LogP contribution >= 0.6 is 23.5 Å². The Morgan fingerprint density at radius 3 is 2.23 bits per heavy atom. The lowest BCUT2D eigenvalue weighted by Gasteiger charge is -2.03. The standard InChI is InChI=1S/C22H18O2S2/c1-5-21(23)25-19-11-7-17(8-12-19)6-9-18-10-13-20(14-16(18)4)26-22(24)15(2)3/h5,7-8,10-14H,1-2H2,3-4H3. The van der Waals surface area contributed by atoms with E-state index in [4.69, 9.17) is 0 Å². The van der Waals surface area contributed by atoms with Gasteiger partial charge in [-0.1, -0.05) is 25.0 Å². The molecule has 0 aliphatic heterocycles. The second-order valence-electron chi connectivity index (χ2n) is 5.55. The minimum Gasteiger partial charge on any atom is -0.282 e. The van der Waals surface area contributed by atoms with Gasteiger partial charge in [0, 0.05) is 20.9 Å². The average Bonchev–Trinajstić information content (AvgIpc) is 2.62. The van der Waals surface area contributed by atoms with Gasteiger partial charge in [0.25, 0.3) is 0 Å². The molecule has 130 valence electrons. The SMILES string of the molecule is C=CC(=O)Sc1ccc(C#Cc2ccc(SC(=O)C(=C)C)cc2C)cc1. The van der Waals surface area contributed by atoms with Crippen molar-refractivity contribution in [3.05, 3.63) is 84.0 Å². The number of carbonyl (C=O) groups excluding carboxylic acids is 2. The van der Waals surface area contributed by atoms with Gasteiger partial charge in [0.1, 0.15) is 0 Å². The van der Waals surface area contributed by atoms with Crippen molar-refractivity contribution < 1.29 is 9.59 Å². The summed E-state index contributed by atoms with van der Waals surface area (Å²) in [5.74, 6) is 6.27. The quantitative estimate of drug-likeness (QED) is 0.406. The highest BCUT2D eigenvalue weighted by molar-refractivity contribution is 8.14. The summed E-state index contributed by atoms with van der Waals surface area (Å²) in [6.07, 6.45) is 1.30. The first-order chi connectivity index (χ1) is 12.4. The molecule has 0 amide bonds. The van der Waals surface area contributed by atoms with Crippen LogP contribution in [-0.4, -0.2) is 10.2 Å². The molecule has 0 fully saturated rings. The molecule has 2 rings (SSSR count). The highest BCUT2D eigenvalue weighted by atomic mass is 32.2. The van der Waals surface area contributed by atoms with Crippen LogP contribution < -0.4 is 0 Å². The second kappa shape index (κ2) is 9.28. The molecule has 0 aliphatic rings. The van der Waals surface area contributed by atoms with Crippen LogP contribution in [0.25, 0.3) is 0 Å². The number of thioether (sulfide) groups is 2. The van der Waals surface area contributed by atoms with Gasteiger partial charge in [0.15, 0.2) is 0 Å². The summed E-state index contributed by atoms with van der Waals surface area (Å²) in [5, 5.41) is -0.112. The average molecular weight is 379 g/mol. The van der Waals surface area contributed by atoms with Gasteiger partial charge in [-0.15, -0.1) is 0 Å². The fourth-order valence-electron chi connectivity index (χ4n) is 1.94. The van der Waals surface area contributed by atoms with Crippen LogP contribution in [0.3, 0.4) is 0 Å².